The van der Waals surface area contributed by atoms with Gasteiger partial charge in [-0.25, -0.2) is 4.79 Å². The van der Waals surface area contributed by atoms with Gasteiger partial charge in [-0.3, -0.25) is 4.90 Å². The van der Waals surface area contributed by atoms with Crippen LogP contribution in [0.15, 0.2) is 24.3 Å². The summed E-state index contributed by atoms with van der Waals surface area (Å²) in [6, 6.07) is 8.57. The molecule has 1 aromatic carbocycles. The number of hydrogen-bond donors (Lipinski definition) is 2. The van der Waals surface area contributed by atoms with E-state index in [4.69, 9.17) is 0 Å². The van der Waals surface area contributed by atoms with Crippen molar-refractivity contribution in [1.82, 2.24) is 15.1 Å². The predicted molar refractivity (Wildman–Crippen MR) is 94.8 cm³/mol. The number of benzene rings is 1. The molecule has 3 rings (SSSR count). The van der Waals surface area contributed by atoms with E-state index >= 15 is 0 Å². The maximum absolute atomic E-state index is 12.0. The molecule has 5 heteroatoms. The van der Waals surface area contributed by atoms with Crippen LogP contribution in [0.1, 0.15) is 30.4 Å². The van der Waals surface area contributed by atoms with Crippen LogP contribution in [0.25, 0.3) is 0 Å². The summed E-state index contributed by atoms with van der Waals surface area (Å²) in [5.74, 6) is 0.405. The molecule has 1 atom stereocenters. The van der Waals surface area contributed by atoms with Gasteiger partial charge in [-0.05, 0) is 42.7 Å². The number of fused-ring (bicyclic) bond motifs is 1. The summed E-state index contributed by atoms with van der Waals surface area (Å²) in [7, 11) is 1.75. The zero-order valence-electron chi connectivity index (χ0n) is 14.6. The van der Waals surface area contributed by atoms with Gasteiger partial charge >= 0.3 is 6.03 Å². The van der Waals surface area contributed by atoms with Crippen molar-refractivity contribution in [2.24, 2.45) is 5.92 Å². The molecule has 5 nitrogen and oxygen atoms in total. The first-order chi connectivity index (χ1) is 11.6. The number of rotatable bonds is 7. The van der Waals surface area contributed by atoms with E-state index in [-0.39, 0.29) is 12.1 Å². The van der Waals surface area contributed by atoms with Crippen LogP contribution in [-0.4, -0.2) is 60.3 Å². The minimum absolute atomic E-state index is 0.0845. The van der Waals surface area contributed by atoms with Crippen LogP contribution in [0, 0.1) is 5.92 Å². The second-order valence-electron chi connectivity index (χ2n) is 7.17. The zero-order chi connectivity index (χ0) is 16.9. The molecule has 0 aromatic heterocycles. The number of aliphatic hydroxyl groups excluding tert-OH is 1. The standard InChI is InChI=1S/C19H29N3O2/c1-21(14-18(23)16-7-8-16)19(24)20-10-4-11-22-12-9-15-5-2-3-6-17(15)13-22/h2-3,5-6,16,18,23H,4,7-14H2,1H3,(H,20,24). The van der Waals surface area contributed by atoms with E-state index in [1.54, 1.807) is 11.9 Å². The predicted octanol–water partition coefficient (Wildman–Crippen LogP) is 1.85. The number of amides is 2. The van der Waals surface area contributed by atoms with Crippen LogP contribution < -0.4 is 5.32 Å². The quantitative estimate of drug-likeness (QED) is 0.750. The van der Waals surface area contributed by atoms with Crippen LogP contribution in [0.2, 0.25) is 0 Å². The lowest BCUT2D eigenvalue weighted by molar-refractivity contribution is 0.113. The Hall–Kier alpha value is -1.59. The monoisotopic (exact) mass is 331 g/mol. The largest absolute Gasteiger partial charge is 0.391 e. The smallest absolute Gasteiger partial charge is 0.317 e. The molecule has 0 saturated heterocycles. The van der Waals surface area contributed by atoms with Gasteiger partial charge in [0.05, 0.1) is 6.10 Å². The van der Waals surface area contributed by atoms with E-state index in [0.29, 0.717) is 19.0 Å². The lowest BCUT2D eigenvalue weighted by Crippen LogP contribution is -2.42. The molecule has 132 valence electrons. The summed E-state index contributed by atoms with van der Waals surface area (Å²) < 4.78 is 0. The molecule has 0 bridgehead atoms. The number of carbonyl (C=O) groups excluding carboxylic acids is 1. The molecule has 0 spiro atoms. The molecule has 1 aliphatic heterocycles. The van der Waals surface area contributed by atoms with E-state index in [1.165, 1.54) is 11.1 Å². The summed E-state index contributed by atoms with van der Waals surface area (Å²) >= 11 is 0. The maximum Gasteiger partial charge on any atom is 0.317 e. The Bertz CT molecular complexity index is 559. The van der Waals surface area contributed by atoms with E-state index in [9.17, 15) is 9.90 Å². The van der Waals surface area contributed by atoms with Crippen molar-refractivity contribution in [2.45, 2.75) is 38.3 Å². The van der Waals surface area contributed by atoms with Gasteiger partial charge in [0.1, 0.15) is 0 Å². The number of aliphatic hydroxyl groups is 1. The number of nitrogens with zero attached hydrogens (tertiary/aromatic N) is 2. The van der Waals surface area contributed by atoms with Crippen molar-refractivity contribution in [3.63, 3.8) is 0 Å². The highest BCUT2D eigenvalue weighted by Gasteiger charge is 2.31. The number of nitrogens with one attached hydrogen (secondary N) is 1. The van der Waals surface area contributed by atoms with E-state index in [2.05, 4.69) is 34.5 Å². The molecule has 1 heterocycles. The SMILES string of the molecule is CN(CC(O)C1CC1)C(=O)NCCCN1CCc2ccccc2C1. The first kappa shape index (κ1) is 17.2. The fraction of sp³-hybridized carbons (Fsp3) is 0.632. The summed E-state index contributed by atoms with van der Waals surface area (Å²) in [5.41, 5.74) is 2.90. The fourth-order valence-electron chi connectivity index (χ4n) is 3.37. The average molecular weight is 331 g/mol. The Labute approximate surface area is 144 Å². The molecule has 0 radical (unpaired) electrons. The second-order valence-corrected chi connectivity index (χ2v) is 7.17. The van der Waals surface area contributed by atoms with Gasteiger partial charge in [-0.1, -0.05) is 24.3 Å². The molecule has 1 saturated carbocycles. The van der Waals surface area contributed by atoms with E-state index in [1.807, 2.05) is 0 Å². The Kier molecular flexibility index (Phi) is 5.74. The van der Waals surface area contributed by atoms with Crippen molar-refractivity contribution in [3.8, 4) is 0 Å². The third kappa shape index (κ3) is 4.71. The van der Waals surface area contributed by atoms with Gasteiger partial charge < -0.3 is 15.3 Å². The van der Waals surface area contributed by atoms with Crippen molar-refractivity contribution < 1.29 is 9.90 Å². The van der Waals surface area contributed by atoms with Crippen molar-refractivity contribution in [2.75, 3.05) is 33.2 Å². The van der Waals surface area contributed by atoms with Gasteiger partial charge in [-0.15, -0.1) is 0 Å². The van der Waals surface area contributed by atoms with Crippen molar-refractivity contribution >= 4 is 6.03 Å². The topological polar surface area (TPSA) is 55.8 Å². The highest BCUT2D eigenvalue weighted by Crippen LogP contribution is 2.32. The lowest BCUT2D eigenvalue weighted by Gasteiger charge is -2.28. The summed E-state index contributed by atoms with van der Waals surface area (Å²) in [4.78, 5) is 16.1. The first-order valence-corrected chi connectivity index (χ1v) is 9.09. The normalized spacial score (nSPS) is 18.8. The summed E-state index contributed by atoms with van der Waals surface area (Å²) in [6.07, 6.45) is 3.89. The number of urea groups is 1. The highest BCUT2D eigenvalue weighted by atomic mass is 16.3. The van der Waals surface area contributed by atoms with E-state index < -0.39 is 0 Å². The lowest BCUT2D eigenvalue weighted by atomic mass is 10.00. The Morgan fingerprint density at radius 3 is 2.88 bits per heavy atom. The molecular formula is C19H29N3O2. The maximum atomic E-state index is 12.0. The first-order valence-electron chi connectivity index (χ1n) is 9.09. The highest BCUT2D eigenvalue weighted by molar-refractivity contribution is 5.73. The molecular weight excluding hydrogens is 302 g/mol. The molecule has 1 fully saturated rings. The van der Waals surface area contributed by atoms with Crippen LogP contribution in [-0.2, 0) is 13.0 Å². The Morgan fingerprint density at radius 2 is 2.12 bits per heavy atom. The number of hydrogen-bond acceptors (Lipinski definition) is 3. The Morgan fingerprint density at radius 1 is 1.38 bits per heavy atom. The van der Waals surface area contributed by atoms with Gasteiger partial charge in [-0.2, -0.15) is 0 Å². The molecule has 2 amide bonds. The molecule has 2 aliphatic rings. The van der Waals surface area contributed by atoms with E-state index in [0.717, 1.165) is 45.3 Å². The van der Waals surface area contributed by atoms with Crippen LogP contribution in [0.3, 0.4) is 0 Å². The zero-order valence-corrected chi connectivity index (χ0v) is 14.6. The molecule has 1 aliphatic carbocycles. The Balaban J connectivity index is 1.31. The second kappa shape index (κ2) is 7.99. The van der Waals surface area contributed by atoms with Crippen LogP contribution >= 0.6 is 0 Å². The van der Waals surface area contributed by atoms with Gasteiger partial charge in [0.25, 0.3) is 0 Å². The fourth-order valence-corrected chi connectivity index (χ4v) is 3.37. The average Bonchev–Trinajstić information content (AvgIpc) is 3.43. The molecule has 1 aromatic rings. The van der Waals surface area contributed by atoms with Crippen LogP contribution in [0.5, 0.6) is 0 Å². The van der Waals surface area contributed by atoms with Gasteiger partial charge in [0, 0.05) is 39.8 Å². The summed E-state index contributed by atoms with van der Waals surface area (Å²) in [6.45, 7) is 4.22. The van der Waals surface area contributed by atoms with Gasteiger partial charge in [0.15, 0.2) is 0 Å². The molecule has 2 N–H and O–H groups in total. The molecule has 1 unspecified atom stereocenters. The van der Waals surface area contributed by atoms with Crippen molar-refractivity contribution in [3.05, 3.63) is 35.4 Å². The number of likely N-dealkylation sites (N-methyl/N-ethyl adjacent to an activating group) is 1. The molecule has 24 heavy (non-hydrogen) atoms. The summed E-state index contributed by atoms with van der Waals surface area (Å²) in [5, 5.41) is 12.9. The minimum atomic E-state index is -0.367. The number of carbonyl (C=O) groups is 1. The minimum Gasteiger partial charge on any atom is -0.391 e. The van der Waals surface area contributed by atoms with Crippen LogP contribution in [0.4, 0.5) is 4.79 Å². The van der Waals surface area contributed by atoms with Crippen molar-refractivity contribution in [1.29, 1.82) is 0 Å². The van der Waals surface area contributed by atoms with Gasteiger partial charge in [0.2, 0.25) is 0 Å². The third-order valence-electron chi connectivity index (χ3n) is 5.11. The third-order valence-corrected chi connectivity index (χ3v) is 5.11.